The molecule has 2 rings (SSSR count). The van der Waals surface area contributed by atoms with Crippen LogP contribution in [0.3, 0.4) is 0 Å². The molecule has 0 saturated heterocycles. The molecule has 0 amide bonds. The van der Waals surface area contributed by atoms with Gasteiger partial charge >= 0.3 is 5.97 Å². The zero-order chi connectivity index (χ0) is 11.7. The zero-order valence-corrected chi connectivity index (χ0v) is 11.1. The van der Waals surface area contributed by atoms with Gasteiger partial charge in [-0.1, -0.05) is 22.9 Å². The lowest BCUT2D eigenvalue weighted by Crippen LogP contribution is -2.11. The number of aliphatic carboxylic acids is 1. The largest absolute Gasteiger partial charge is 0.481 e. The van der Waals surface area contributed by atoms with Crippen molar-refractivity contribution in [3.05, 3.63) is 33.6 Å². The molecule has 0 spiro atoms. The Morgan fingerprint density at radius 3 is 2.94 bits per heavy atom. The van der Waals surface area contributed by atoms with Crippen LogP contribution in [-0.2, 0) is 11.2 Å². The third-order valence-electron chi connectivity index (χ3n) is 2.46. The van der Waals surface area contributed by atoms with E-state index < -0.39 is 5.97 Å². The van der Waals surface area contributed by atoms with Crippen molar-refractivity contribution in [2.75, 3.05) is 0 Å². The molecule has 0 aliphatic heterocycles. The molecule has 1 aromatic carbocycles. The van der Waals surface area contributed by atoms with Gasteiger partial charge in [0.1, 0.15) is 0 Å². The van der Waals surface area contributed by atoms with E-state index in [1.807, 2.05) is 6.07 Å². The third-order valence-corrected chi connectivity index (χ3v) is 4.09. The zero-order valence-electron chi connectivity index (χ0n) is 8.74. The van der Waals surface area contributed by atoms with Crippen LogP contribution >= 0.6 is 27.3 Å². The van der Waals surface area contributed by atoms with Crippen molar-refractivity contribution in [2.24, 2.45) is 5.92 Å². The van der Waals surface area contributed by atoms with Crippen molar-refractivity contribution in [2.45, 2.75) is 13.3 Å². The van der Waals surface area contributed by atoms with Crippen molar-refractivity contribution in [1.29, 1.82) is 0 Å². The number of rotatable bonds is 3. The number of hydrogen-bond acceptors (Lipinski definition) is 2. The van der Waals surface area contributed by atoms with Gasteiger partial charge in [-0.25, -0.2) is 0 Å². The number of benzene rings is 1. The van der Waals surface area contributed by atoms with Crippen molar-refractivity contribution in [1.82, 2.24) is 0 Å². The van der Waals surface area contributed by atoms with Crippen molar-refractivity contribution in [3.63, 3.8) is 0 Å². The Balaban J connectivity index is 2.29. The van der Waals surface area contributed by atoms with E-state index in [2.05, 4.69) is 34.1 Å². The predicted molar refractivity (Wildman–Crippen MR) is 70.0 cm³/mol. The van der Waals surface area contributed by atoms with Crippen LogP contribution < -0.4 is 0 Å². The molecule has 0 aliphatic carbocycles. The van der Waals surface area contributed by atoms with Crippen molar-refractivity contribution >= 4 is 43.3 Å². The van der Waals surface area contributed by atoms with E-state index in [1.54, 1.807) is 18.3 Å². The summed E-state index contributed by atoms with van der Waals surface area (Å²) in [5, 5.41) is 10.0. The Labute approximate surface area is 106 Å². The second-order valence-electron chi connectivity index (χ2n) is 3.84. The number of carbonyl (C=O) groups is 1. The molecule has 1 heterocycles. The van der Waals surface area contributed by atoms with E-state index in [9.17, 15) is 4.79 Å². The lowest BCUT2D eigenvalue weighted by atomic mass is 10.1. The van der Waals surface area contributed by atoms with Gasteiger partial charge in [0.15, 0.2) is 0 Å². The van der Waals surface area contributed by atoms with E-state index in [0.29, 0.717) is 6.42 Å². The maximum Gasteiger partial charge on any atom is 0.306 e. The van der Waals surface area contributed by atoms with E-state index >= 15 is 0 Å². The van der Waals surface area contributed by atoms with Gasteiger partial charge in [0.2, 0.25) is 0 Å². The Hall–Kier alpha value is -0.870. The molecule has 4 heteroatoms. The predicted octanol–water partition coefficient (Wildman–Crippen LogP) is 3.93. The standard InChI is InChI=1S/C12H11BrO2S/c1-7(12(14)15)4-10-6-8-5-9(13)2-3-11(8)16-10/h2-3,5-7H,4H2,1H3,(H,14,15). The van der Waals surface area contributed by atoms with Gasteiger partial charge in [-0.3, -0.25) is 4.79 Å². The van der Waals surface area contributed by atoms with Crippen LogP contribution in [0.1, 0.15) is 11.8 Å². The fraction of sp³-hybridized carbons (Fsp3) is 0.250. The number of hydrogen-bond donors (Lipinski definition) is 1. The van der Waals surface area contributed by atoms with Gasteiger partial charge in [0.05, 0.1) is 5.92 Å². The normalized spacial score (nSPS) is 12.9. The summed E-state index contributed by atoms with van der Waals surface area (Å²) >= 11 is 5.09. The number of fused-ring (bicyclic) bond motifs is 1. The molecule has 0 radical (unpaired) electrons. The summed E-state index contributed by atoms with van der Waals surface area (Å²) in [7, 11) is 0. The van der Waals surface area contributed by atoms with Gasteiger partial charge in [-0.05, 0) is 36.1 Å². The molecule has 16 heavy (non-hydrogen) atoms. The smallest absolute Gasteiger partial charge is 0.306 e. The summed E-state index contributed by atoms with van der Waals surface area (Å²) in [6, 6.07) is 8.19. The topological polar surface area (TPSA) is 37.3 Å². The van der Waals surface area contributed by atoms with Crippen LogP contribution in [-0.4, -0.2) is 11.1 Å². The molecule has 1 aromatic heterocycles. The van der Waals surface area contributed by atoms with Crippen LogP contribution in [0.5, 0.6) is 0 Å². The average molecular weight is 299 g/mol. The second kappa shape index (κ2) is 4.55. The molecule has 0 saturated carbocycles. The van der Waals surface area contributed by atoms with E-state index in [1.165, 1.54) is 10.1 Å². The molecular weight excluding hydrogens is 288 g/mol. The van der Waals surface area contributed by atoms with Crippen LogP contribution in [0.25, 0.3) is 10.1 Å². The summed E-state index contributed by atoms with van der Waals surface area (Å²) in [6.45, 7) is 1.74. The van der Waals surface area contributed by atoms with Crippen LogP contribution in [0.2, 0.25) is 0 Å². The summed E-state index contributed by atoms with van der Waals surface area (Å²) < 4.78 is 2.26. The van der Waals surface area contributed by atoms with E-state index in [-0.39, 0.29) is 5.92 Å². The monoisotopic (exact) mass is 298 g/mol. The van der Waals surface area contributed by atoms with E-state index in [0.717, 1.165) is 9.35 Å². The first kappa shape index (κ1) is 11.6. The lowest BCUT2D eigenvalue weighted by molar-refractivity contribution is -0.141. The molecule has 2 aromatic rings. The highest BCUT2D eigenvalue weighted by Crippen LogP contribution is 2.29. The van der Waals surface area contributed by atoms with E-state index in [4.69, 9.17) is 5.11 Å². The number of carboxylic acid groups (broad SMARTS) is 1. The summed E-state index contributed by atoms with van der Waals surface area (Å²) in [6.07, 6.45) is 0.603. The summed E-state index contributed by atoms with van der Waals surface area (Å²) in [5.41, 5.74) is 0. The van der Waals surface area contributed by atoms with Crippen molar-refractivity contribution < 1.29 is 9.90 Å². The first-order valence-corrected chi connectivity index (χ1v) is 6.58. The highest BCUT2D eigenvalue weighted by atomic mass is 79.9. The molecule has 2 nitrogen and oxygen atoms in total. The van der Waals surface area contributed by atoms with Gasteiger partial charge in [0.25, 0.3) is 0 Å². The first-order valence-electron chi connectivity index (χ1n) is 4.97. The van der Waals surface area contributed by atoms with Gasteiger partial charge in [-0.2, -0.15) is 0 Å². The lowest BCUT2D eigenvalue weighted by Gasteiger charge is -2.01. The Kier molecular flexibility index (Phi) is 3.30. The molecule has 0 bridgehead atoms. The quantitative estimate of drug-likeness (QED) is 0.932. The van der Waals surface area contributed by atoms with Gasteiger partial charge in [0, 0.05) is 14.0 Å². The summed E-state index contributed by atoms with van der Waals surface area (Å²) in [4.78, 5) is 11.9. The number of carboxylic acids is 1. The molecular formula is C12H11BrO2S. The third kappa shape index (κ3) is 2.44. The highest BCUT2D eigenvalue weighted by molar-refractivity contribution is 9.10. The van der Waals surface area contributed by atoms with Gasteiger partial charge in [-0.15, -0.1) is 11.3 Å². The molecule has 0 fully saturated rings. The first-order chi connectivity index (χ1) is 7.56. The van der Waals surface area contributed by atoms with Crippen LogP contribution in [0.4, 0.5) is 0 Å². The molecule has 1 unspecified atom stereocenters. The molecule has 0 aliphatic rings. The maximum absolute atomic E-state index is 10.8. The Morgan fingerprint density at radius 2 is 2.25 bits per heavy atom. The van der Waals surface area contributed by atoms with Crippen LogP contribution in [0.15, 0.2) is 28.7 Å². The minimum Gasteiger partial charge on any atom is -0.481 e. The van der Waals surface area contributed by atoms with Gasteiger partial charge < -0.3 is 5.11 Å². The molecule has 1 N–H and O–H groups in total. The maximum atomic E-state index is 10.8. The number of halogens is 1. The Morgan fingerprint density at radius 1 is 1.50 bits per heavy atom. The minimum absolute atomic E-state index is 0.323. The van der Waals surface area contributed by atoms with Crippen molar-refractivity contribution in [3.8, 4) is 0 Å². The Bertz CT molecular complexity index is 533. The SMILES string of the molecule is CC(Cc1cc2cc(Br)ccc2s1)C(=O)O. The van der Waals surface area contributed by atoms with Crippen LogP contribution in [0, 0.1) is 5.92 Å². The highest BCUT2D eigenvalue weighted by Gasteiger charge is 2.13. The second-order valence-corrected chi connectivity index (χ2v) is 5.92. The fourth-order valence-electron chi connectivity index (χ4n) is 1.56. The molecule has 1 atom stereocenters. The number of thiophene rings is 1. The molecule has 84 valence electrons. The fourth-order valence-corrected chi connectivity index (χ4v) is 3.11. The average Bonchev–Trinajstić information content (AvgIpc) is 2.58. The minimum atomic E-state index is -0.737. The summed E-state index contributed by atoms with van der Waals surface area (Å²) in [5.74, 6) is -1.06.